The third-order valence-electron chi connectivity index (χ3n) is 10.4. The van der Waals surface area contributed by atoms with Crippen molar-refractivity contribution in [1.82, 2.24) is 9.97 Å². The van der Waals surface area contributed by atoms with Crippen molar-refractivity contribution in [2.45, 2.75) is 19.3 Å². The van der Waals surface area contributed by atoms with Gasteiger partial charge in [-0.2, -0.15) is 0 Å². The zero-order chi connectivity index (χ0) is 31.3. The SMILES string of the molecule is CC1(C)c2c(ccc3cc(-c4ccccc4-c4ccc5ccc6cccnc6c5n4)ccc23)-c2c1c1ccccc1c1ccccc21. The van der Waals surface area contributed by atoms with E-state index in [0.717, 1.165) is 33.1 Å². The van der Waals surface area contributed by atoms with Crippen molar-refractivity contribution < 1.29 is 0 Å². The topological polar surface area (TPSA) is 25.8 Å². The number of hydrogen-bond acceptors (Lipinski definition) is 2. The molecule has 0 saturated heterocycles. The second-order valence-electron chi connectivity index (χ2n) is 13.3. The summed E-state index contributed by atoms with van der Waals surface area (Å²) in [5, 5.41) is 10.1. The molecule has 0 radical (unpaired) electrons. The standard InChI is InChI=1S/C45H30N2/c1-45(2)41-32-22-19-29(31-11-3-6-14-35(31)39-24-21-28-18-17-27-10-9-25-46-43(27)44(28)47-39)26-30(32)20-23-38(41)40-36-15-7-4-12-33(36)34-13-5-8-16-37(34)42(40)45/h3-26H,1-2H3. The highest BCUT2D eigenvalue weighted by atomic mass is 14.8. The molecule has 7 aromatic carbocycles. The lowest BCUT2D eigenvalue weighted by Crippen LogP contribution is -2.16. The van der Waals surface area contributed by atoms with E-state index in [1.165, 1.54) is 65.7 Å². The molecule has 2 aromatic heterocycles. The summed E-state index contributed by atoms with van der Waals surface area (Å²) in [6.45, 7) is 4.82. The van der Waals surface area contributed by atoms with Crippen molar-refractivity contribution in [2.75, 3.05) is 0 Å². The van der Waals surface area contributed by atoms with Crippen LogP contribution in [0, 0.1) is 0 Å². The molecule has 0 N–H and O–H groups in total. The summed E-state index contributed by atoms with van der Waals surface area (Å²) in [7, 11) is 0. The highest BCUT2D eigenvalue weighted by Gasteiger charge is 2.39. The molecule has 0 unspecified atom stereocenters. The van der Waals surface area contributed by atoms with Gasteiger partial charge in [0.2, 0.25) is 0 Å². The third kappa shape index (κ3) is 3.67. The van der Waals surface area contributed by atoms with Crippen LogP contribution < -0.4 is 0 Å². The third-order valence-corrected chi connectivity index (χ3v) is 10.4. The predicted octanol–water partition coefficient (Wildman–Crippen LogP) is 11.9. The van der Waals surface area contributed by atoms with E-state index in [-0.39, 0.29) is 5.41 Å². The summed E-state index contributed by atoms with van der Waals surface area (Å²) in [6.07, 6.45) is 1.85. The molecule has 0 amide bonds. The first-order valence-corrected chi connectivity index (χ1v) is 16.3. The molecular weight excluding hydrogens is 569 g/mol. The van der Waals surface area contributed by atoms with Gasteiger partial charge < -0.3 is 0 Å². The van der Waals surface area contributed by atoms with Crippen LogP contribution in [-0.2, 0) is 5.41 Å². The molecule has 2 nitrogen and oxygen atoms in total. The Hall–Kier alpha value is -5.86. The van der Waals surface area contributed by atoms with Crippen molar-refractivity contribution in [3.05, 3.63) is 157 Å². The van der Waals surface area contributed by atoms with Crippen molar-refractivity contribution >= 4 is 54.1 Å². The minimum absolute atomic E-state index is 0.154. The summed E-state index contributed by atoms with van der Waals surface area (Å²) in [5.74, 6) is 0. The lowest BCUT2D eigenvalue weighted by Gasteiger charge is -2.25. The maximum absolute atomic E-state index is 5.20. The second-order valence-corrected chi connectivity index (χ2v) is 13.3. The average Bonchev–Trinajstić information content (AvgIpc) is 3.38. The van der Waals surface area contributed by atoms with Gasteiger partial charge in [-0.25, -0.2) is 4.98 Å². The van der Waals surface area contributed by atoms with E-state index in [0.29, 0.717) is 0 Å². The van der Waals surface area contributed by atoms with Gasteiger partial charge in [0.05, 0.1) is 16.7 Å². The molecule has 2 heteroatoms. The monoisotopic (exact) mass is 598 g/mol. The normalized spacial score (nSPS) is 13.5. The van der Waals surface area contributed by atoms with E-state index in [4.69, 9.17) is 4.98 Å². The smallest absolute Gasteiger partial charge is 0.0972 e. The largest absolute Gasteiger partial charge is 0.254 e. The molecule has 0 fully saturated rings. The molecule has 0 aliphatic heterocycles. The molecule has 1 aliphatic rings. The van der Waals surface area contributed by atoms with Gasteiger partial charge in [0.25, 0.3) is 0 Å². The molecule has 1 aliphatic carbocycles. The summed E-state index contributed by atoms with van der Waals surface area (Å²) in [4.78, 5) is 9.88. The van der Waals surface area contributed by atoms with Crippen LogP contribution in [0.4, 0.5) is 0 Å². The van der Waals surface area contributed by atoms with Gasteiger partial charge in [-0.3, -0.25) is 4.98 Å². The Morgan fingerprint density at radius 3 is 1.94 bits per heavy atom. The summed E-state index contributed by atoms with van der Waals surface area (Å²) >= 11 is 0. The predicted molar refractivity (Wildman–Crippen MR) is 198 cm³/mol. The van der Waals surface area contributed by atoms with Crippen molar-refractivity contribution in [3.63, 3.8) is 0 Å². The maximum atomic E-state index is 5.20. The van der Waals surface area contributed by atoms with Crippen molar-refractivity contribution in [2.24, 2.45) is 0 Å². The molecule has 0 atom stereocenters. The Labute approximate surface area is 273 Å². The fourth-order valence-corrected chi connectivity index (χ4v) is 8.41. The van der Waals surface area contributed by atoms with Gasteiger partial charge >= 0.3 is 0 Å². The molecule has 0 spiro atoms. The van der Waals surface area contributed by atoms with Gasteiger partial charge in [-0.15, -0.1) is 0 Å². The van der Waals surface area contributed by atoms with Crippen LogP contribution in [0.2, 0.25) is 0 Å². The van der Waals surface area contributed by atoms with Crippen LogP contribution in [0.3, 0.4) is 0 Å². The number of pyridine rings is 2. The molecule has 47 heavy (non-hydrogen) atoms. The quantitative estimate of drug-likeness (QED) is 0.185. The highest BCUT2D eigenvalue weighted by molar-refractivity contribution is 6.19. The molecule has 0 saturated carbocycles. The van der Waals surface area contributed by atoms with E-state index in [2.05, 4.69) is 152 Å². The van der Waals surface area contributed by atoms with Crippen LogP contribution >= 0.6 is 0 Å². The number of benzene rings is 7. The second kappa shape index (κ2) is 9.57. The highest BCUT2D eigenvalue weighted by Crippen LogP contribution is 2.56. The van der Waals surface area contributed by atoms with Crippen LogP contribution in [0.5, 0.6) is 0 Å². The van der Waals surface area contributed by atoms with Crippen LogP contribution in [0.15, 0.2) is 146 Å². The van der Waals surface area contributed by atoms with Crippen molar-refractivity contribution in [1.29, 1.82) is 0 Å². The van der Waals surface area contributed by atoms with Gasteiger partial charge in [0.1, 0.15) is 0 Å². The number of aromatic nitrogens is 2. The molecular formula is C45H30N2. The van der Waals surface area contributed by atoms with E-state index >= 15 is 0 Å². The zero-order valence-electron chi connectivity index (χ0n) is 26.3. The first-order valence-electron chi connectivity index (χ1n) is 16.3. The molecule has 220 valence electrons. The van der Waals surface area contributed by atoms with Crippen LogP contribution in [0.1, 0.15) is 25.0 Å². The van der Waals surface area contributed by atoms with E-state index in [1.807, 2.05) is 12.3 Å². The Kier molecular flexibility index (Phi) is 5.37. The lowest BCUT2D eigenvalue weighted by molar-refractivity contribution is 0.672. The first-order chi connectivity index (χ1) is 23.1. The number of nitrogens with zero attached hydrogens (tertiary/aromatic N) is 2. The van der Waals surface area contributed by atoms with Gasteiger partial charge in [-0.1, -0.05) is 135 Å². The number of rotatable bonds is 2. The molecule has 9 aromatic rings. The minimum Gasteiger partial charge on any atom is -0.254 e. The molecule has 2 heterocycles. The molecule has 0 bridgehead atoms. The Balaban J connectivity index is 1.16. The Morgan fingerprint density at radius 2 is 1.11 bits per heavy atom. The fourth-order valence-electron chi connectivity index (χ4n) is 8.41. The van der Waals surface area contributed by atoms with Gasteiger partial charge in [-0.05, 0) is 83.9 Å². The first kappa shape index (κ1) is 26.4. The zero-order valence-corrected chi connectivity index (χ0v) is 26.3. The average molecular weight is 599 g/mol. The summed E-state index contributed by atoms with van der Waals surface area (Å²) < 4.78 is 0. The van der Waals surface area contributed by atoms with E-state index in [9.17, 15) is 0 Å². The van der Waals surface area contributed by atoms with Crippen LogP contribution in [0.25, 0.3) is 87.6 Å². The molecule has 10 rings (SSSR count). The number of fused-ring (bicyclic) bond motifs is 13. The maximum Gasteiger partial charge on any atom is 0.0972 e. The van der Waals surface area contributed by atoms with Gasteiger partial charge in [0, 0.05) is 27.9 Å². The summed E-state index contributed by atoms with van der Waals surface area (Å²) in [5.41, 5.74) is 11.8. The Morgan fingerprint density at radius 1 is 0.447 bits per heavy atom. The van der Waals surface area contributed by atoms with E-state index in [1.54, 1.807) is 0 Å². The summed E-state index contributed by atoms with van der Waals surface area (Å²) in [6, 6.07) is 50.8. The lowest BCUT2D eigenvalue weighted by atomic mass is 9.77. The van der Waals surface area contributed by atoms with E-state index < -0.39 is 0 Å². The Bertz CT molecular complexity index is 2770. The fraction of sp³-hybridized carbons (Fsp3) is 0.0667. The minimum atomic E-state index is -0.154. The number of hydrogen-bond donors (Lipinski definition) is 0. The van der Waals surface area contributed by atoms with Crippen molar-refractivity contribution in [3.8, 4) is 33.5 Å². The van der Waals surface area contributed by atoms with Crippen LogP contribution in [-0.4, -0.2) is 9.97 Å². The van der Waals surface area contributed by atoms with Gasteiger partial charge in [0.15, 0.2) is 0 Å².